The Labute approximate surface area is 175 Å². The normalized spacial score (nSPS) is 19.5. The van der Waals surface area contributed by atoms with Gasteiger partial charge in [-0.15, -0.1) is 0 Å². The third kappa shape index (κ3) is 4.77. The van der Waals surface area contributed by atoms with Crippen molar-refractivity contribution in [3.8, 4) is 5.75 Å². The van der Waals surface area contributed by atoms with Gasteiger partial charge in [-0.25, -0.2) is 0 Å². The van der Waals surface area contributed by atoms with Crippen molar-refractivity contribution in [1.29, 1.82) is 0 Å². The first-order valence-corrected chi connectivity index (χ1v) is 9.93. The molecule has 0 spiro atoms. The number of nitro benzene ring substituents is 1. The van der Waals surface area contributed by atoms with E-state index in [2.05, 4.69) is 22.8 Å². The maximum Gasteiger partial charge on any atom is 0.296 e. The van der Waals surface area contributed by atoms with Crippen molar-refractivity contribution < 1.29 is 19.6 Å². The number of aryl methyl sites for hydroxylation is 1. The number of ether oxygens (including phenoxy) is 1. The molecule has 1 heterocycles. The second-order valence-corrected chi connectivity index (χ2v) is 8.02. The molecule has 2 aromatic carbocycles. The molecule has 2 aromatic rings. The molecule has 0 bridgehead atoms. The highest BCUT2D eigenvalue weighted by Crippen LogP contribution is 2.44. The molecule has 1 amide bonds. The van der Waals surface area contributed by atoms with Gasteiger partial charge in [0.25, 0.3) is 5.69 Å². The van der Waals surface area contributed by atoms with E-state index in [1.807, 2.05) is 18.2 Å². The number of carbonyl (C=O) groups excluding carboxylic acids is 1. The minimum Gasteiger partial charge on any atom is -0.484 e. The molecule has 0 unspecified atom stereocenters. The number of aliphatic hydroxyl groups excluding tert-OH is 1. The average molecular weight is 413 g/mol. The molecule has 0 fully saturated rings. The number of fused-ring (bicyclic) bond motifs is 1. The van der Waals surface area contributed by atoms with Crippen molar-refractivity contribution in [3.05, 3.63) is 63.7 Å². The molecule has 0 saturated heterocycles. The van der Waals surface area contributed by atoms with Crippen LogP contribution in [0, 0.1) is 10.1 Å². The number of aliphatic hydroxyl groups is 1. The lowest BCUT2D eigenvalue weighted by Gasteiger charge is -2.42. The third-order valence-corrected chi connectivity index (χ3v) is 5.22. The molecular formula is C22H27N3O5. The van der Waals surface area contributed by atoms with Gasteiger partial charge in [0.2, 0.25) is 5.91 Å². The molecule has 0 radical (unpaired) electrons. The van der Waals surface area contributed by atoms with Gasteiger partial charge >= 0.3 is 0 Å². The van der Waals surface area contributed by atoms with Gasteiger partial charge in [0.1, 0.15) is 23.1 Å². The highest BCUT2D eigenvalue weighted by Gasteiger charge is 2.43. The van der Waals surface area contributed by atoms with Crippen molar-refractivity contribution in [2.75, 3.05) is 11.9 Å². The number of amides is 1. The Balaban J connectivity index is 1.85. The van der Waals surface area contributed by atoms with Gasteiger partial charge in [0.15, 0.2) is 0 Å². The molecule has 3 rings (SSSR count). The van der Waals surface area contributed by atoms with Crippen molar-refractivity contribution in [2.45, 2.75) is 51.4 Å². The van der Waals surface area contributed by atoms with Crippen LogP contribution >= 0.6 is 0 Å². The number of nitro groups is 1. The molecule has 0 saturated carbocycles. The second-order valence-electron chi connectivity index (χ2n) is 8.02. The fraction of sp³-hybridized carbons (Fsp3) is 0.409. The molecule has 0 aromatic heterocycles. The van der Waals surface area contributed by atoms with Crippen molar-refractivity contribution >= 4 is 17.3 Å². The Bertz CT molecular complexity index is 930. The summed E-state index contributed by atoms with van der Waals surface area (Å²) in [6.07, 6.45) is 0.865. The predicted octanol–water partition coefficient (Wildman–Crippen LogP) is 3.35. The van der Waals surface area contributed by atoms with Crippen LogP contribution in [0.2, 0.25) is 0 Å². The van der Waals surface area contributed by atoms with Crippen LogP contribution in [-0.2, 0) is 11.2 Å². The van der Waals surface area contributed by atoms with Crippen molar-refractivity contribution in [3.63, 3.8) is 0 Å². The van der Waals surface area contributed by atoms with E-state index in [9.17, 15) is 20.0 Å². The number of carbonyl (C=O) groups is 1. The summed E-state index contributed by atoms with van der Waals surface area (Å²) in [4.78, 5) is 22.4. The zero-order valence-electron chi connectivity index (χ0n) is 17.3. The molecule has 0 aliphatic carbocycles. The molecular weight excluding hydrogens is 386 g/mol. The van der Waals surface area contributed by atoms with E-state index < -0.39 is 28.6 Å². The fourth-order valence-corrected chi connectivity index (χ4v) is 3.69. The minimum atomic E-state index is -0.937. The van der Waals surface area contributed by atoms with Gasteiger partial charge in [-0.05, 0) is 44.9 Å². The number of nitrogens with zero attached hydrogens (tertiary/aromatic N) is 1. The van der Waals surface area contributed by atoms with E-state index in [4.69, 9.17) is 4.74 Å². The average Bonchev–Trinajstić information content (AvgIpc) is 2.68. The zero-order valence-corrected chi connectivity index (χ0v) is 17.3. The standard InChI is InChI=1S/C22H27N3O5/c1-14(26)24-17-12-16-19(13-18(17)25(28)29)30-22(2,3)21(27)20(16)23-11-7-10-15-8-5-4-6-9-15/h4-6,8-9,12-13,20-21,23,27H,7,10-11H2,1-3H3,(H,24,26)/t20-,21+/m0/s1. The van der Waals surface area contributed by atoms with Gasteiger partial charge in [-0.3, -0.25) is 14.9 Å². The van der Waals surface area contributed by atoms with Gasteiger partial charge in [0, 0.05) is 12.5 Å². The number of hydrogen-bond donors (Lipinski definition) is 3. The lowest BCUT2D eigenvalue weighted by molar-refractivity contribution is -0.384. The molecule has 30 heavy (non-hydrogen) atoms. The van der Waals surface area contributed by atoms with E-state index >= 15 is 0 Å². The number of hydrogen-bond acceptors (Lipinski definition) is 6. The quantitative estimate of drug-likeness (QED) is 0.364. The first-order chi connectivity index (χ1) is 14.2. The van der Waals surface area contributed by atoms with E-state index in [1.54, 1.807) is 13.8 Å². The summed E-state index contributed by atoms with van der Waals surface area (Å²) in [7, 11) is 0. The first kappa shape index (κ1) is 21.7. The Kier molecular flexibility index (Phi) is 6.38. The first-order valence-electron chi connectivity index (χ1n) is 9.93. The monoisotopic (exact) mass is 413 g/mol. The van der Waals surface area contributed by atoms with Crippen LogP contribution < -0.4 is 15.4 Å². The smallest absolute Gasteiger partial charge is 0.296 e. The van der Waals surface area contributed by atoms with Crippen LogP contribution in [0.1, 0.15) is 44.4 Å². The van der Waals surface area contributed by atoms with Gasteiger partial charge < -0.3 is 20.5 Å². The van der Waals surface area contributed by atoms with Gasteiger partial charge in [-0.1, -0.05) is 30.3 Å². The molecule has 8 heteroatoms. The summed E-state index contributed by atoms with van der Waals surface area (Å²) in [5, 5.41) is 28.3. The lowest BCUT2D eigenvalue weighted by Crippen LogP contribution is -2.52. The van der Waals surface area contributed by atoms with E-state index in [-0.39, 0.29) is 11.4 Å². The third-order valence-electron chi connectivity index (χ3n) is 5.22. The summed E-state index contributed by atoms with van der Waals surface area (Å²) in [5.41, 5.74) is 0.705. The number of anilines is 1. The van der Waals surface area contributed by atoms with Crippen molar-refractivity contribution in [2.24, 2.45) is 0 Å². The molecule has 160 valence electrons. The maximum atomic E-state index is 11.5. The Hall–Kier alpha value is -2.97. The minimum absolute atomic E-state index is 0.0813. The van der Waals surface area contributed by atoms with E-state index in [0.29, 0.717) is 17.9 Å². The second kappa shape index (κ2) is 8.81. The molecule has 8 nitrogen and oxygen atoms in total. The van der Waals surface area contributed by atoms with Crippen LogP contribution in [0.15, 0.2) is 42.5 Å². The lowest BCUT2D eigenvalue weighted by atomic mass is 9.86. The summed E-state index contributed by atoms with van der Waals surface area (Å²) in [5.74, 6) is -0.0883. The summed E-state index contributed by atoms with van der Waals surface area (Å²) in [6, 6.07) is 12.5. The molecule has 1 aliphatic heterocycles. The van der Waals surface area contributed by atoms with Crippen molar-refractivity contribution in [1.82, 2.24) is 5.32 Å². The topological polar surface area (TPSA) is 114 Å². The molecule has 3 N–H and O–H groups in total. The number of nitrogens with one attached hydrogen (secondary N) is 2. The van der Waals surface area contributed by atoms with Gasteiger partial charge in [-0.2, -0.15) is 0 Å². The largest absolute Gasteiger partial charge is 0.484 e. The van der Waals surface area contributed by atoms with Crippen LogP contribution in [0.4, 0.5) is 11.4 Å². The Morgan fingerprint density at radius 2 is 1.97 bits per heavy atom. The van der Waals surface area contributed by atoms with Gasteiger partial charge in [0.05, 0.1) is 17.0 Å². The van der Waals surface area contributed by atoms with Crippen LogP contribution in [0.25, 0.3) is 0 Å². The fourth-order valence-electron chi connectivity index (χ4n) is 3.69. The van der Waals surface area contributed by atoms with Crippen LogP contribution in [0.5, 0.6) is 5.75 Å². The summed E-state index contributed by atoms with van der Waals surface area (Å²) >= 11 is 0. The zero-order chi connectivity index (χ0) is 21.9. The highest BCUT2D eigenvalue weighted by molar-refractivity contribution is 5.91. The Morgan fingerprint density at radius 3 is 2.60 bits per heavy atom. The van der Waals surface area contributed by atoms with Crippen LogP contribution in [-0.4, -0.2) is 34.2 Å². The number of benzene rings is 2. The SMILES string of the molecule is CC(=O)Nc1cc2c(cc1[N+](=O)[O-])OC(C)(C)[C@H](O)[C@H]2NCCCc1ccccc1. The highest BCUT2D eigenvalue weighted by atomic mass is 16.6. The summed E-state index contributed by atoms with van der Waals surface area (Å²) < 4.78 is 5.88. The molecule has 1 aliphatic rings. The van der Waals surface area contributed by atoms with E-state index in [0.717, 1.165) is 12.8 Å². The predicted molar refractivity (Wildman–Crippen MR) is 114 cm³/mol. The Morgan fingerprint density at radius 1 is 1.27 bits per heavy atom. The maximum absolute atomic E-state index is 11.5. The van der Waals surface area contributed by atoms with Crippen LogP contribution in [0.3, 0.4) is 0 Å². The molecule has 2 atom stereocenters. The number of rotatable bonds is 7. The summed E-state index contributed by atoms with van der Waals surface area (Å²) in [6.45, 7) is 5.41. The van der Waals surface area contributed by atoms with E-state index in [1.165, 1.54) is 24.6 Å².